The second-order valence-corrected chi connectivity index (χ2v) is 6.15. The van der Waals surface area contributed by atoms with E-state index in [0.29, 0.717) is 23.6 Å². The molecule has 0 fully saturated rings. The number of hydrogen-bond acceptors (Lipinski definition) is 4. The number of amides is 1. The Morgan fingerprint density at radius 2 is 1.71 bits per heavy atom. The lowest BCUT2D eigenvalue weighted by molar-refractivity contribution is 0.0951. The Morgan fingerprint density at radius 1 is 0.929 bits per heavy atom. The molecule has 0 saturated carbocycles. The molecule has 0 spiro atoms. The highest BCUT2D eigenvalue weighted by Gasteiger charge is 2.08. The van der Waals surface area contributed by atoms with E-state index in [9.17, 15) is 4.79 Å². The first kappa shape index (κ1) is 17.5. The first-order valence-electron chi connectivity index (χ1n) is 8.88. The molecule has 0 aliphatic heterocycles. The molecule has 4 rings (SSSR count). The minimum atomic E-state index is -0.150. The van der Waals surface area contributed by atoms with E-state index in [4.69, 9.17) is 9.15 Å². The summed E-state index contributed by atoms with van der Waals surface area (Å²) in [6.45, 7) is 0.400. The molecule has 0 atom stereocenters. The first-order chi connectivity index (χ1) is 13.8. The number of nitrogens with zero attached hydrogens (tertiary/aromatic N) is 1. The number of furan rings is 1. The van der Waals surface area contributed by atoms with Crippen LogP contribution in [0.5, 0.6) is 11.5 Å². The van der Waals surface area contributed by atoms with Gasteiger partial charge in [-0.3, -0.25) is 9.78 Å². The zero-order valence-electron chi connectivity index (χ0n) is 15.0. The maximum Gasteiger partial charge on any atom is 0.251 e. The second-order valence-electron chi connectivity index (χ2n) is 6.15. The van der Waals surface area contributed by atoms with E-state index >= 15 is 0 Å². The molecule has 2 aromatic carbocycles. The van der Waals surface area contributed by atoms with Gasteiger partial charge in [-0.2, -0.15) is 0 Å². The highest BCUT2D eigenvalue weighted by molar-refractivity contribution is 5.94. The van der Waals surface area contributed by atoms with Crippen LogP contribution in [-0.2, 0) is 6.54 Å². The molecular weight excluding hydrogens is 352 g/mol. The van der Waals surface area contributed by atoms with Gasteiger partial charge in [0.2, 0.25) is 0 Å². The van der Waals surface area contributed by atoms with Gasteiger partial charge in [0.05, 0.1) is 6.26 Å². The van der Waals surface area contributed by atoms with Gasteiger partial charge in [0.1, 0.15) is 17.2 Å². The molecule has 0 radical (unpaired) electrons. The third kappa shape index (κ3) is 4.27. The predicted octanol–water partition coefficient (Wildman–Crippen LogP) is 5.06. The van der Waals surface area contributed by atoms with Crippen molar-refractivity contribution in [2.45, 2.75) is 6.54 Å². The van der Waals surface area contributed by atoms with Gasteiger partial charge in [-0.05, 0) is 66.2 Å². The number of carbonyl (C=O) groups excluding carboxylic acids is 1. The van der Waals surface area contributed by atoms with Crippen LogP contribution in [0.15, 0.2) is 95.7 Å². The first-order valence-corrected chi connectivity index (χ1v) is 8.88. The van der Waals surface area contributed by atoms with E-state index in [2.05, 4.69) is 10.3 Å². The largest absolute Gasteiger partial charge is 0.463 e. The minimum Gasteiger partial charge on any atom is -0.463 e. The highest BCUT2D eigenvalue weighted by Crippen LogP contribution is 2.21. The van der Waals surface area contributed by atoms with Crippen LogP contribution in [0.1, 0.15) is 15.9 Å². The van der Waals surface area contributed by atoms with E-state index in [1.165, 1.54) is 0 Å². The lowest BCUT2D eigenvalue weighted by Gasteiger charge is -2.08. The lowest BCUT2D eigenvalue weighted by Crippen LogP contribution is -2.22. The number of carbonyl (C=O) groups is 1. The van der Waals surface area contributed by atoms with Crippen LogP contribution in [0.25, 0.3) is 11.5 Å². The summed E-state index contributed by atoms with van der Waals surface area (Å²) in [5, 5.41) is 2.92. The van der Waals surface area contributed by atoms with Gasteiger partial charge in [0, 0.05) is 18.3 Å². The molecule has 5 heteroatoms. The molecule has 2 heterocycles. The average Bonchev–Trinajstić information content (AvgIpc) is 3.29. The van der Waals surface area contributed by atoms with Crippen molar-refractivity contribution in [3.63, 3.8) is 0 Å². The smallest absolute Gasteiger partial charge is 0.251 e. The van der Waals surface area contributed by atoms with E-state index < -0.39 is 0 Å². The molecule has 0 bridgehead atoms. The monoisotopic (exact) mass is 370 g/mol. The van der Waals surface area contributed by atoms with Gasteiger partial charge in [0.15, 0.2) is 5.76 Å². The molecule has 1 N–H and O–H groups in total. The molecular formula is C23H18N2O3. The van der Waals surface area contributed by atoms with E-state index in [1.54, 1.807) is 36.7 Å². The molecule has 138 valence electrons. The molecule has 0 unspecified atom stereocenters. The highest BCUT2D eigenvalue weighted by atomic mass is 16.5. The van der Waals surface area contributed by atoms with Crippen molar-refractivity contribution in [3.05, 3.63) is 102 Å². The van der Waals surface area contributed by atoms with E-state index in [0.717, 1.165) is 17.0 Å². The van der Waals surface area contributed by atoms with Crippen LogP contribution in [0, 0.1) is 0 Å². The zero-order chi connectivity index (χ0) is 19.2. The number of pyridine rings is 1. The fraction of sp³-hybridized carbons (Fsp3) is 0.0435. The van der Waals surface area contributed by atoms with Gasteiger partial charge in [-0.1, -0.05) is 18.2 Å². The Bertz CT molecular complexity index is 1040. The summed E-state index contributed by atoms with van der Waals surface area (Å²) in [5.74, 6) is 1.98. The molecule has 4 aromatic rings. The quantitative estimate of drug-likeness (QED) is 0.515. The maximum absolute atomic E-state index is 12.4. The van der Waals surface area contributed by atoms with Crippen LogP contribution < -0.4 is 10.1 Å². The lowest BCUT2D eigenvalue weighted by atomic mass is 10.1. The van der Waals surface area contributed by atoms with Crippen molar-refractivity contribution in [2.75, 3.05) is 0 Å². The molecule has 28 heavy (non-hydrogen) atoms. The molecule has 2 aromatic heterocycles. The fourth-order valence-electron chi connectivity index (χ4n) is 2.73. The SMILES string of the molecule is O=C(NCc1ccnc(-c2ccco2)c1)c1ccc(Oc2ccccc2)cc1. The fourth-order valence-corrected chi connectivity index (χ4v) is 2.73. The van der Waals surface area contributed by atoms with Gasteiger partial charge >= 0.3 is 0 Å². The summed E-state index contributed by atoms with van der Waals surface area (Å²) >= 11 is 0. The summed E-state index contributed by atoms with van der Waals surface area (Å²) in [6, 6.07) is 24.0. The molecule has 0 saturated heterocycles. The molecule has 0 aliphatic rings. The van der Waals surface area contributed by atoms with Gasteiger partial charge in [-0.15, -0.1) is 0 Å². The van der Waals surface area contributed by atoms with Crippen molar-refractivity contribution in [3.8, 4) is 23.0 Å². The Balaban J connectivity index is 1.37. The molecule has 1 amide bonds. The number of ether oxygens (including phenoxy) is 1. The van der Waals surface area contributed by atoms with Crippen LogP contribution in [0.4, 0.5) is 0 Å². The average molecular weight is 370 g/mol. The Kier molecular flexibility index (Phi) is 5.15. The number of benzene rings is 2. The van der Waals surface area contributed by atoms with Crippen molar-refractivity contribution >= 4 is 5.91 Å². The van der Waals surface area contributed by atoms with Gasteiger partial charge in [-0.25, -0.2) is 0 Å². The Labute approximate surface area is 162 Å². The molecule has 0 aliphatic carbocycles. The van der Waals surface area contributed by atoms with Crippen LogP contribution in [0.2, 0.25) is 0 Å². The number of rotatable bonds is 6. The Hall–Kier alpha value is -3.86. The van der Waals surface area contributed by atoms with Crippen LogP contribution in [-0.4, -0.2) is 10.9 Å². The maximum atomic E-state index is 12.4. The van der Waals surface area contributed by atoms with Crippen LogP contribution >= 0.6 is 0 Å². The summed E-state index contributed by atoms with van der Waals surface area (Å²) in [4.78, 5) is 16.7. The normalized spacial score (nSPS) is 10.4. The third-order valence-corrected chi connectivity index (χ3v) is 4.15. The predicted molar refractivity (Wildman–Crippen MR) is 106 cm³/mol. The number of hydrogen-bond donors (Lipinski definition) is 1. The Morgan fingerprint density at radius 3 is 2.46 bits per heavy atom. The van der Waals surface area contributed by atoms with Gasteiger partial charge in [0.25, 0.3) is 5.91 Å². The van der Waals surface area contributed by atoms with Crippen molar-refractivity contribution in [1.82, 2.24) is 10.3 Å². The second kappa shape index (κ2) is 8.22. The topological polar surface area (TPSA) is 64.4 Å². The minimum absolute atomic E-state index is 0.150. The number of aromatic nitrogens is 1. The summed E-state index contributed by atoms with van der Waals surface area (Å²) in [7, 11) is 0. The number of para-hydroxylation sites is 1. The summed E-state index contributed by atoms with van der Waals surface area (Å²) < 4.78 is 11.1. The standard InChI is InChI=1S/C23H18N2O3/c26-23(18-8-10-20(11-9-18)28-19-5-2-1-3-6-19)25-16-17-12-13-24-21(15-17)22-7-4-14-27-22/h1-15H,16H2,(H,25,26). The number of nitrogens with one attached hydrogen (secondary N) is 1. The third-order valence-electron chi connectivity index (χ3n) is 4.15. The summed E-state index contributed by atoms with van der Waals surface area (Å²) in [5.41, 5.74) is 2.25. The van der Waals surface area contributed by atoms with Crippen molar-refractivity contribution < 1.29 is 13.9 Å². The van der Waals surface area contributed by atoms with E-state index in [-0.39, 0.29) is 5.91 Å². The van der Waals surface area contributed by atoms with Crippen molar-refractivity contribution in [1.29, 1.82) is 0 Å². The summed E-state index contributed by atoms with van der Waals surface area (Å²) in [6.07, 6.45) is 3.31. The molecule has 5 nitrogen and oxygen atoms in total. The van der Waals surface area contributed by atoms with Crippen LogP contribution in [0.3, 0.4) is 0 Å². The van der Waals surface area contributed by atoms with Gasteiger partial charge < -0.3 is 14.5 Å². The van der Waals surface area contributed by atoms with Crippen molar-refractivity contribution in [2.24, 2.45) is 0 Å². The zero-order valence-corrected chi connectivity index (χ0v) is 15.0. The van der Waals surface area contributed by atoms with E-state index in [1.807, 2.05) is 54.6 Å².